The summed E-state index contributed by atoms with van der Waals surface area (Å²) in [5, 5.41) is 26.5. The Kier molecular flexibility index (Phi) is 14.0. The molecular weight excluding hydrogens is 945 g/mol. The fourth-order valence-electron chi connectivity index (χ4n) is 11.6. The summed E-state index contributed by atoms with van der Waals surface area (Å²) in [4.78, 5) is 40.4. The molecule has 0 bridgehead atoms. The number of nitrogens with one attached hydrogen (secondary N) is 3. The summed E-state index contributed by atoms with van der Waals surface area (Å²) >= 11 is 0. The fourth-order valence-corrected chi connectivity index (χ4v) is 12.6. The first kappa shape index (κ1) is 50.0. The van der Waals surface area contributed by atoms with Gasteiger partial charge in [0.25, 0.3) is 21.6 Å². The lowest BCUT2D eigenvalue weighted by molar-refractivity contribution is -0.384. The number of anilines is 2. The van der Waals surface area contributed by atoms with Gasteiger partial charge in [0.05, 0.1) is 34.3 Å². The van der Waals surface area contributed by atoms with Crippen molar-refractivity contribution in [3.8, 4) is 17.2 Å². The number of aliphatic hydroxyl groups is 1. The van der Waals surface area contributed by atoms with E-state index in [1.807, 2.05) is 31.2 Å². The lowest BCUT2D eigenvalue weighted by Gasteiger charge is -2.63. The number of nitro groups is 1. The van der Waals surface area contributed by atoms with Crippen LogP contribution in [0.5, 0.6) is 17.2 Å². The van der Waals surface area contributed by atoms with Crippen molar-refractivity contribution >= 4 is 44.0 Å². The number of piperazine rings is 1. The van der Waals surface area contributed by atoms with Crippen LogP contribution in [0, 0.1) is 21.4 Å². The molecular formula is C56H66N8O8S. The molecule has 4 heterocycles. The zero-order valence-corrected chi connectivity index (χ0v) is 42.9. The number of nitrogens with zero attached hydrogens (tertiary/aromatic N) is 5. The Morgan fingerprint density at radius 2 is 1.74 bits per heavy atom. The van der Waals surface area contributed by atoms with Gasteiger partial charge >= 0.3 is 0 Å². The van der Waals surface area contributed by atoms with Gasteiger partial charge in [0, 0.05) is 92.7 Å². The summed E-state index contributed by atoms with van der Waals surface area (Å²) in [5.74, 6) is 1.02. The summed E-state index contributed by atoms with van der Waals surface area (Å²) in [6.45, 7) is 12.5. The molecule has 4 aliphatic rings. The molecule has 1 amide bonds. The fraction of sp³-hybridized carbons (Fsp3) is 0.429. The quantitative estimate of drug-likeness (QED) is 0.0499. The average Bonchev–Trinajstić information content (AvgIpc) is 3.83. The Labute approximate surface area is 427 Å². The SMILES string of the molecule is COc1ccc(CCN2CCN(C3CC4(C3)CN(c3ccc(C(=O)NS(=O)(=O)c5ccc(NCC6CCC(C)(O)CC6)c([N+](=O)[O-])c5)c(Oc5cnc6[nH]ccc6c5)c3)C4)C(c3ccccc3C(C)C)C2)cc1. The van der Waals surface area contributed by atoms with Gasteiger partial charge in [-0.05, 0) is 129 Å². The molecule has 6 aromatic rings. The second-order valence-electron chi connectivity index (χ2n) is 21.4. The minimum Gasteiger partial charge on any atom is -0.497 e. The molecule has 4 N–H and O–H groups in total. The van der Waals surface area contributed by atoms with Gasteiger partial charge in [-0.15, -0.1) is 0 Å². The van der Waals surface area contributed by atoms with E-state index in [9.17, 15) is 28.4 Å². The molecule has 4 fully saturated rings. The third-order valence-corrected chi connectivity index (χ3v) is 17.2. The Morgan fingerprint density at radius 1 is 0.973 bits per heavy atom. The third kappa shape index (κ3) is 10.9. The van der Waals surface area contributed by atoms with E-state index in [0.29, 0.717) is 42.7 Å². The number of pyridine rings is 1. The number of aromatic amines is 1. The zero-order chi connectivity index (χ0) is 51.1. The number of carbonyl (C=O) groups excluding carboxylic acids is 1. The lowest BCUT2D eigenvalue weighted by atomic mass is 9.59. The van der Waals surface area contributed by atoms with Gasteiger partial charge in [0.15, 0.2) is 0 Å². The van der Waals surface area contributed by atoms with Crippen LogP contribution in [0.2, 0.25) is 0 Å². The summed E-state index contributed by atoms with van der Waals surface area (Å²) in [7, 11) is -2.89. The molecule has 4 aromatic carbocycles. The number of nitro benzene ring substituents is 1. The number of amides is 1. The Bertz CT molecular complexity index is 3080. The van der Waals surface area contributed by atoms with Crippen molar-refractivity contribution in [1.82, 2.24) is 24.5 Å². The van der Waals surface area contributed by atoms with E-state index in [-0.39, 0.29) is 34.4 Å². The average molecular weight is 1010 g/mol. The van der Waals surface area contributed by atoms with Crippen LogP contribution in [-0.2, 0) is 16.4 Å². The molecule has 2 aromatic heterocycles. The van der Waals surface area contributed by atoms with E-state index in [1.165, 1.54) is 35.0 Å². The summed E-state index contributed by atoms with van der Waals surface area (Å²) < 4.78 is 41.6. The van der Waals surface area contributed by atoms with Gasteiger partial charge < -0.3 is 29.8 Å². The molecule has 10 rings (SSSR count). The number of hydrogen-bond acceptors (Lipinski definition) is 13. The second kappa shape index (κ2) is 20.4. The lowest BCUT2D eigenvalue weighted by Crippen LogP contribution is -2.68. The first-order chi connectivity index (χ1) is 35.0. The van der Waals surface area contributed by atoms with Gasteiger partial charge in [-0.3, -0.25) is 24.7 Å². The highest BCUT2D eigenvalue weighted by Gasteiger charge is 2.55. The van der Waals surface area contributed by atoms with Gasteiger partial charge in [-0.2, -0.15) is 0 Å². The van der Waals surface area contributed by atoms with E-state index >= 15 is 0 Å². The number of methoxy groups -OCH3 is 1. The minimum atomic E-state index is -4.59. The molecule has 1 unspecified atom stereocenters. The van der Waals surface area contributed by atoms with Crippen LogP contribution in [0.4, 0.5) is 17.1 Å². The first-order valence-electron chi connectivity index (χ1n) is 25.6. The summed E-state index contributed by atoms with van der Waals surface area (Å²) in [5.41, 5.74) is 4.78. The van der Waals surface area contributed by atoms with Crippen molar-refractivity contribution in [3.63, 3.8) is 0 Å². The van der Waals surface area contributed by atoms with Crippen LogP contribution in [0.3, 0.4) is 0 Å². The van der Waals surface area contributed by atoms with E-state index in [2.05, 4.69) is 85.0 Å². The normalized spacial score (nSPS) is 21.4. The van der Waals surface area contributed by atoms with E-state index in [4.69, 9.17) is 9.47 Å². The number of aromatic nitrogens is 2. The summed E-state index contributed by atoms with van der Waals surface area (Å²) in [6.07, 6.45) is 9.24. The first-order valence-corrected chi connectivity index (χ1v) is 27.0. The number of fused-ring (bicyclic) bond motifs is 1. The Balaban J connectivity index is 0.831. The van der Waals surface area contributed by atoms with Crippen LogP contribution >= 0.6 is 0 Å². The summed E-state index contributed by atoms with van der Waals surface area (Å²) in [6, 6.07) is 30.5. The molecule has 17 heteroatoms. The second-order valence-corrected chi connectivity index (χ2v) is 23.1. The molecule has 384 valence electrons. The largest absolute Gasteiger partial charge is 0.497 e. The van der Waals surface area contributed by atoms with Crippen molar-refractivity contribution in [3.05, 3.63) is 142 Å². The topological polar surface area (TPSA) is 195 Å². The van der Waals surface area contributed by atoms with E-state index < -0.39 is 37.0 Å². The van der Waals surface area contributed by atoms with Crippen molar-refractivity contribution in [2.45, 2.75) is 94.2 Å². The highest BCUT2D eigenvalue weighted by Crippen LogP contribution is 2.53. The Morgan fingerprint density at radius 3 is 2.48 bits per heavy atom. The Hall–Kier alpha value is -6.53. The smallest absolute Gasteiger partial charge is 0.293 e. The van der Waals surface area contributed by atoms with Crippen LogP contribution in [-0.4, -0.2) is 109 Å². The van der Waals surface area contributed by atoms with E-state index in [0.717, 1.165) is 94.3 Å². The number of rotatable bonds is 17. The zero-order valence-electron chi connectivity index (χ0n) is 42.1. The van der Waals surface area contributed by atoms with Gasteiger partial charge in [-0.1, -0.05) is 50.2 Å². The van der Waals surface area contributed by atoms with Crippen LogP contribution < -0.4 is 24.4 Å². The number of sulfonamides is 1. The number of H-pyrrole nitrogens is 1. The monoisotopic (exact) mass is 1010 g/mol. The molecule has 73 heavy (non-hydrogen) atoms. The van der Waals surface area contributed by atoms with Gasteiger partial charge in [0.1, 0.15) is 28.6 Å². The maximum Gasteiger partial charge on any atom is 0.293 e. The van der Waals surface area contributed by atoms with Crippen molar-refractivity contribution in [2.75, 3.05) is 63.1 Å². The predicted molar refractivity (Wildman–Crippen MR) is 282 cm³/mol. The van der Waals surface area contributed by atoms with E-state index in [1.54, 1.807) is 31.5 Å². The molecule has 16 nitrogen and oxygen atoms in total. The van der Waals surface area contributed by atoms with Crippen LogP contribution in [0.1, 0.15) is 98.3 Å². The molecule has 1 spiro atoms. The number of hydrogen-bond donors (Lipinski definition) is 4. The van der Waals surface area contributed by atoms with Crippen molar-refractivity contribution in [1.29, 1.82) is 0 Å². The number of ether oxygens (including phenoxy) is 2. The van der Waals surface area contributed by atoms with Gasteiger partial charge in [-0.25, -0.2) is 18.1 Å². The molecule has 2 aliphatic carbocycles. The standard InChI is InChI=1S/C56H66N8O8S/c1-37(2)46-7-5-6-8-47(46)51-34-61(24-20-38-9-12-43(71-4)13-10-38)25-26-63(51)42-30-56(31-42)35-62(36-56)41-11-15-48(52(28-41)72-44-27-40-19-23-57-53(40)59-33-44)54(65)60-73(69,70)45-14-16-49(50(29-45)64(67)68)58-32-39-17-21-55(3,66)22-18-39/h5-16,19,23,27-29,33,37,39,42,51,58,66H,17-18,20-22,24-26,30-32,34-36H2,1-4H3,(H,57,59)(H,60,65). The van der Waals surface area contributed by atoms with Crippen molar-refractivity contribution in [2.24, 2.45) is 11.3 Å². The maximum atomic E-state index is 14.1. The van der Waals surface area contributed by atoms with Gasteiger partial charge in [0.2, 0.25) is 0 Å². The van der Waals surface area contributed by atoms with Crippen molar-refractivity contribution < 1.29 is 32.7 Å². The highest BCUT2D eigenvalue weighted by molar-refractivity contribution is 7.90. The molecule has 2 saturated heterocycles. The molecule has 0 radical (unpaired) electrons. The third-order valence-electron chi connectivity index (χ3n) is 15.9. The highest BCUT2D eigenvalue weighted by atomic mass is 32.2. The van der Waals surface area contributed by atoms with Crippen LogP contribution in [0.15, 0.2) is 114 Å². The number of carbonyl (C=O) groups is 1. The predicted octanol–water partition coefficient (Wildman–Crippen LogP) is 9.44. The number of benzene rings is 4. The molecule has 2 saturated carbocycles. The molecule has 2 aliphatic heterocycles. The minimum absolute atomic E-state index is 0.0319. The molecule has 1 atom stereocenters. The maximum absolute atomic E-state index is 14.1. The van der Waals surface area contributed by atoms with Crippen LogP contribution in [0.25, 0.3) is 11.0 Å².